The molecule has 1 unspecified atom stereocenters. The van der Waals surface area contributed by atoms with Crippen molar-refractivity contribution in [3.63, 3.8) is 0 Å². The summed E-state index contributed by atoms with van der Waals surface area (Å²) in [5, 5.41) is 9.54. The Bertz CT molecular complexity index is 396. The highest BCUT2D eigenvalue weighted by Crippen LogP contribution is 2.40. The first-order valence-electron chi connectivity index (χ1n) is 6.02. The molecule has 0 saturated carbocycles. The van der Waals surface area contributed by atoms with Crippen molar-refractivity contribution >= 4 is 0 Å². The van der Waals surface area contributed by atoms with Crippen molar-refractivity contribution in [1.82, 2.24) is 0 Å². The van der Waals surface area contributed by atoms with E-state index in [4.69, 9.17) is 10.5 Å². The Kier molecular flexibility index (Phi) is 3.25. The average molecular weight is 235 g/mol. The second-order valence-corrected chi connectivity index (χ2v) is 5.30. The molecular formula is C14H21NO2. The van der Waals surface area contributed by atoms with E-state index in [1.807, 2.05) is 0 Å². The normalized spacial score (nSPS) is 19.8. The molecule has 0 radical (unpaired) electrons. The van der Waals surface area contributed by atoms with Gasteiger partial charge in [0, 0.05) is 6.04 Å². The number of hydrogen-bond donors (Lipinski definition) is 2. The van der Waals surface area contributed by atoms with Gasteiger partial charge in [-0.3, -0.25) is 0 Å². The van der Waals surface area contributed by atoms with Gasteiger partial charge < -0.3 is 15.6 Å². The van der Waals surface area contributed by atoms with Crippen molar-refractivity contribution in [3.8, 4) is 0 Å². The van der Waals surface area contributed by atoms with Gasteiger partial charge in [-0.25, -0.2) is 0 Å². The average Bonchev–Trinajstić information content (AvgIpc) is 2.14. The summed E-state index contributed by atoms with van der Waals surface area (Å²) in [7, 11) is 0. The Morgan fingerprint density at radius 1 is 1.29 bits per heavy atom. The third-order valence-corrected chi connectivity index (χ3v) is 3.80. The number of aryl methyl sites for hydroxylation is 3. The van der Waals surface area contributed by atoms with Gasteiger partial charge in [-0.15, -0.1) is 0 Å². The van der Waals surface area contributed by atoms with E-state index in [1.165, 1.54) is 16.7 Å². The summed E-state index contributed by atoms with van der Waals surface area (Å²) in [5.41, 5.74) is 10.9. The summed E-state index contributed by atoms with van der Waals surface area (Å²) in [4.78, 5) is 0. The first-order valence-corrected chi connectivity index (χ1v) is 6.02. The molecule has 3 heteroatoms. The lowest BCUT2D eigenvalue weighted by atomic mass is 9.74. The van der Waals surface area contributed by atoms with Crippen molar-refractivity contribution in [1.29, 1.82) is 0 Å². The van der Waals surface area contributed by atoms with Crippen LogP contribution in [0.1, 0.15) is 28.3 Å². The fourth-order valence-corrected chi connectivity index (χ4v) is 2.72. The quantitative estimate of drug-likeness (QED) is 0.837. The second kappa shape index (κ2) is 4.41. The van der Waals surface area contributed by atoms with Gasteiger partial charge in [0.15, 0.2) is 0 Å². The molecule has 0 spiro atoms. The van der Waals surface area contributed by atoms with E-state index >= 15 is 0 Å². The van der Waals surface area contributed by atoms with Gasteiger partial charge >= 0.3 is 0 Å². The van der Waals surface area contributed by atoms with E-state index in [1.54, 1.807) is 0 Å². The highest BCUT2D eigenvalue weighted by molar-refractivity contribution is 5.40. The van der Waals surface area contributed by atoms with E-state index in [9.17, 15) is 5.11 Å². The predicted octanol–water partition coefficient (Wildman–Crippen LogP) is 1.62. The van der Waals surface area contributed by atoms with Gasteiger partial charge in [-0.2, -0.15) is 0 Å². The van der Waals surface area contributed by atoms with Crippen LogP contribution in [0.4, 0.5) is 0 Å². The van der Waals surface area contributed by atoms with Crippen molar-refractivity contribution in [2.75, 3.05) is 19.8 Å². The van der Waals surface area contributed by atoms with E-state index < -0.39 is 0 Å². The number of aliphatic hydroxyl groups is 1. The molecule has 94 valence electrons. The smallest absolute Gasteiger partial charge is 0.0594 e. The summed E-state index contributed by atoms with van der Waals surface area (Å²) >= 11 is 0. The van der Waals surface area contributed by atoms with Gasteiger partial charge in [-0.05, 0) is 37.5 Å². The Balaban J connectivity index is 2.40. The van der Waals surface area contributed by atoms with Crippen molar-refractivity contribution in [2.45, 2.75) is 26.8 Å². The van der Waals surface area contributed by atoms with Gasteiger partial charge in [-0.1, -0.05) is 17.7 Å². The molecule has 1 aliphatic rings. The number of aliphatic hydroxyl groups excluding tert-OH is 1. The van der Waals surface area contributed by atoms with Crippen LogP contribution in [0.25, 0.3) is 0 Å². The molecule has 1 aromatic rings. The number of ether oxygens (including phenoxy) is 1. The van der Waals surface area contributed by atoms with Crippen LogP contribution in [0.2, 0.25) is 0 Å². The molecule has 0 aromatic heterocycles. The molecule has 17 heavy (non-hydrogen) atoms. The molecule has 1 saturated heterocycles. The van der Waals surface area contributed by atoms with Gasteiger partial charge in [0.2, 0.25) is 0 Å². The zero-order valence-electron chi connectivity index (χ0n) is 10.8. The molecule has 1 fully saturated rings. The predicted molar refractivity (Wildman–Crippen MR) is 67.9 cm³/mol. The van der Waals surface area contributed by atoms with Crippen LogP contribution in [0.3, 0.4) is 0 Å². The fraction of sp³-hybridized carbons (Fsp3) is 0.571. The molecule has 1 atom stereocenters. The first kappa shape index (κ1) is 12.6. The van der Waals surface area contributed by atoms with Crippen molar-refractivity contribution < 1.29 is 9.84 Å². The number of hydrogen-bond acceptors (Lipinski definition) is 3. The number of benzene rings is 1. The number of nitrogens with two attached hydrogens (primary N) is 1. The first-order chi connectivity index (χ1) is 8.00. The lowest BCUT2D eigenvalue weighted by Gasteiger charge is -2.45. The minimum absolute atomic E-state index is 0.0842. The summed E-state index contributed by atoms with van der Waals surface area (Å²) < 4.78 is 5.24. The van der Waals surface area contributed by atoms with Crippen LogP contribution in [0, 0.1) is 26.2 Å². The maximum absolute atomic E-state index is 9.54. The van der Waals surface area contributed by atoms with Crippen LogP contribution in [0.15, 0.2) is 12.1 Å². The SMILES string of the molecule is Cc1cc(C)c(C(N)C2(CO)COC2)c(C)c1. The Morgan fingerprint density at radius 2 is 1.82 bits per heavy atom. The third-order valence-electron chi connectivity index (χ3n) is 3.80. The van der Waals surface area contributed by atoms with Crippen LogP contribution >= 0.6 is 0 Å². The van der Waals surface area contributed by atoms with Crippen molar-refractivity contribution in [2.24, 2.45) is 11.1 Å². The van der Waals surface area contributed by atoms with Crippen LogP contribution in [0.5, 0.6) is 0 Å². The molecule has 1 aliphatic heterocycles. The molecule has 1 heterocycles. The monoisotopic (exact) mass is 235 g/mol. The molecule has 3 nitrogen and oxygen atoms in total. The van der Waals surface area contributed by atoms with E-state index in [0.717, 1.165) is 5.56 Å². The van der Waals surface area contributed by atoms with Gasteiger partial charge in [0.1, 0.15) is 0 Å². The van der Waals surface area contributed by atoms with E-state index in [0.29, 0.717) is 13.2 Å². The zero-order chi connectivity index (χ0) is 12.6. The largest absolute Gasteiger partial charge is 0.396 e. The molecule has 0 bridgehead atoms. The molecular weight excluding hydrogens is 214 g/mol. The van der Waals surface area contributed by atoms with Crippen LogP contribution in [-0.4, -0.2) is 24.9 Å². The fourth-order valence-electron chi connectivity index (χ4n) is 2.72. The molecule has 3 N–H and O–H groups in total. The highest BCUT2D eigenvalue weighted by atomic mass is 16.5. The minimum Gasteiger partial charge on any atom is -0.396 e. The summed E-state index contributed by atoms with van der Waals surface area (Å²) in [6.45, 7) is 7.44. The van der Waals surface area contributed by atoms with E-state index in [-0.39, 0.29) is 18.1 Å². The molecule has 0 amide bonds. The molecule has 2 rings (SSSR count). The topological polar surface area (TPSA) is 55.5 Å². The summed E-state index contributed by atoms with van der Waals surface area (Å²) in [5.74, 6) is 0. The van der Waals surface area contributed by atoms with Gasteiger partial charge in [0.25, 0.3) is 0 Å². The Morgan fingerprint density at radius 3 is 2.18 bits per heavy atom. The van der Waals surface area contributed by atoms with Gasteiger partial charge in [0.05, 0.1) is 25.2 Å². The highest BCUT2D eigenvalue weighted by Gasteiger charge is 2.45. The maximum Gasteiger partial charge on any atom is 0.0594 e. The lowest BCUT2D eigenvalue weighted by molar-refractivity contribution is -0.150. The van der Waals surface area contributed by atoms with Crippen LogP contribution in [-0.2, 0) is 4.74 Å². The minimum atomic E-state index is -0.287. The zero-order valence-corrected chi connectivity index (χ0v) is 10.8. The Labute approximate surface area is 103 Å². The van der Waals surface area contributed by atoms with Crippen LogP contribution < -0.4 is 5.73 Å². The second-order valence-electron chi connectivity index (χ2n) is 5.30. The van der Waals surface area contributed by atoms with E-state index in [2.05, 4.69) is 32.9 Å². The summed E-state index contributed by atoms with van der Waals surface area (Å²) in [6.07, 6.45) is 0. The standard InChI is InChI=1S/C14H21NO2/c1-9-4-10(2)12(11(3)5-9)13(15)14(6-16)7-17-8-14/h4-5,13,16H,6-8,15H2,1-3H3. The molecule has 0 aliphatic carbocycles. The lowest BCUT2D eigenvalue weighted by Crippen LogP contribution is -2.53. The maximum atomic E-state index is 9.54. The number of rotatable bonds is 3. The summed E-state index contributed by atoms with van der Waals surface area (Å²) in [6, 6.07) is 4.14. The van der Waals surface area contributed by atoms with Crippen molar-refractivity contribution in [3.05, 3.63) is 34.4 Å². The Hall–Kier alpha value is -0.900. The molecule has 1 aromatic carbocycles. The third kappa shape index (κ3) is 1.99.